The maximum Gasteiger partial charge on any atom is 0.150 e. The molecule has 3 nitrogen and oxygen atoms in total. The molecule has 1 aliphatic rings. The lowest BCUT2D eigenvalue weighted by Gasteiger charge is -2.30. The third-order valence-corrected chi connectivity index (χ3v) is 4.20. The van der Waals surface area contributed by atoms with Crippen molar-refractivity contribution < 1.29 is 13.5 Å². The molecule has 1 fully saturated rings. The van der Waals surface area contributed by atoms with E-state index in [2.05, 4.69) is 0 Å². The smallest absolute Gasteiger partial charge is 0.150 e. The molecule has 0 aromatic rings. The summed E-state index contributed by atoms with van der Waals surface area (Å²) < 4.78 is 21.5. The summed E-state index contributed by atoms with van der Waals surface area (Å²) in [6, 6.07) is 0. The van der Waals surface area contributed by atoms with Gasteiger partial charge in [-0.1, -0.05) is 6.92 Å². The largest absolute Gasteiger partial charge is 0.396 e. The molecule has 1 heterocycles. The van der Waals surface area contributed by atoms with Crippen LogP contribution in [0.3, 0.4) is 0 Å². The average Bonchev–Trinajstić information content (AvgIpc) is 1.83. The van der Waals surface area contributed by atoms with Crippen molar-refractivity contribution in [2.24, 2.45) is 11.8 Å². The van der Waals surface area contributed by atoms with Gasteiger partial charge in [0.1, 0.15) is 0 Å². The summed E-state index contributed by atoms with van der Waals surface area (Å²) in [6.45, 7) is 2.16. The first-order valence-electron chi connectivity index (χ1n) is 3.86. The van der Waals surface area contributed by atoms with Gasteiger partial charge in [0.25, 0.3) is 0 Å². The van der Waals surface area contributed by atoms with Crippen molar-refractivity contribution in [2.75, 3.05) is 18.1 Å². The summed E-state index contributed by atoms with van der Waals surface area (Å²) in [7, 11) is -2.68. The lowest BCUT2D eigenvalue weighted by Crippen LogP contribution is -2.40. The molecule has 0 radical (unpaired) electrons. The predicted molar refractivity (Wildman–Crippen MR) is 43.0 cm³/mol. The molecular weight excluding hydrogens is 164 g/mol. The quantitative estimate of drug-likeness (QED) is 0.664. The van der Waals surface area contributed by atoms with Crippen LogP contribution in [-0.4, -0.2) is 31.6 Å². The van der Waals surface area contributed by atoms with Crippen LogP contribution in [0.1, 0.15) is 13.3 Å². The summed E-state index contributed by atoms with van der Waals surface area (Å²) in [5, 5.41) is 8.59. The van der Waals surface area contributed by atoms with Gasteiger partial charge in [0.2, 0.25) is 0 Å². The number of hydrogen-bond acceptors (Lipinski definition) is 3. The number of rotatable bonds is 3. The minimum absolute atomic E-state index is 0.164. The Hall–Kier alpha value is -0.0900. The molecule has 1 saturated heterocycles. The summed E-state index contributed by atoms with van der Waals surface area (Å²) in [5.74, 6) is 1.30. The molecular formula is C7H14O3S. The van der Waals surface area contributed by atoms with E-state index >= 15 is 0 Å². The molecule has 0 spiro atoms. The average molecular weight is 178 g/mol. The van der Waals surface area contributed by atoms with Crippen molar-refractivity contribution >= 4 is 9.84 Å². The highest BCUT2D eigenvalue weighted by atomic mass is 32.2. The third-order valence-electron chi connectivity index (χ3n) is 2.33. The molecule has 11 heavy (non-hydrogen) atoms. The van der Waals surface area contributed by atoms with Crippen LogP contribution < -0.4 is 0 Å². The van der Waals surface area contributed by atoms with Crippen molar-refractivity contribution in [1.29, 1.82) is 0 Å². The zero-order valence-corrected chi connectivity index (χ0v) is 7.47. The van der Waals surface area contributed by atoms with E-state index in [1.54, 1.807) is 0 Å². The number of aliphatic hydroxyl groups excluding tert-OH is 1. The summed E-state index contributed by atoms with van der Waals surface area (Å²) in [6.07, 6.45) is 0.722. The molecule has 1 rings (SSSR count). The third kappa shape index (κ3) is 2.17. The van der Waals surface area contributed by atoms with Gasteiger partial charge in [-0.15, -0.1) is 0 Å². The molecule has 0 aromatic carbocycles. The Bertz CT molecular complexity index is 208. The summed E-state index contributed by atoms with van der Waals surface area (Å²) in [5.41, 5.74) is 0. The fourth-order valence-corrected chi connectivity index (χ4v) is 3.24. The Morgan fingerprint density at radius 2 is 2.09 bits per heavy atom. The highest BCUT2D eigenvalue weighted by Gasteiger charge is 2.36. The van der Waals surface area contributed by atoms with E-state index in [-0.39, 0.29) is 6.61 Å². The normalized spacial score (nSPS) is 26.0. The first kappa shape index (κ1) is 9.00. The summed E-state index contributed by atoms with van der Waals surface area (Å²) >= 11 is 0. The van der Waals surface area contributed by atoms with E-state index in [0.717, 1.165) is 6.42 Å². The Labute approximate surface area is 67.3 Å². The number of aliphatic hydroxyl groups is 1. The molecule has 0 saturated carbocycles. The molecule has 0 aromatic heterocycles. The van der Waals surface area contributed by atoms with Crippen LogP contribution in [0.4, 0.5) is 0 Å². The van der Waals surface area contributed by atoms with Gasteiger partial charge in [-0.25, -0.2) is 8.42 Å². The minimum Gasteiger partial charge on any atom is -0.396 e. The van der Waals surface area contributed by atoms with Crippen LogP contribution in [0.15, 0.2) is 0 Å². The molecule has 66 valence electrons. The van der Waals surface area contributed by atoms with Gasteiger partial charge < -0.3 is 5.11 Å². The second-order valence-electron chi connectivity index (χ2n) is 3.33. The van der Waals surface area contributed by atoms with E-state index in [9.17, 15) is 8.42 Å². The molecule has 1 atom stereocenters. The topological polar surface area (TPSA) is 54.4 Å². The zero-order valence-electron chi connectivity index (χ0n) is 6.66. The lowest BCUT2D eigenvalue weighted by atomic mass is 9.94. The van der Waals surface area contributed by atoms with Gasteiger partial charge >= 0.3 is 0 Å². The Morgan fingerprint density at radius 1 is 1.55 bits per heavy atom. The van der Waals surface area contributed by atoms with Crippen LogP contribution in [0, 0.1) is 11.8 Å². The van der Waals surface area contributed by atoms with Gasteiger partial charge in [0, 0.05) is 6.61 Å². The number of hydrogen-bond donors (Lipinski definition) is 1. The Balaban J connectivity index is 2.32. The van der Waals surface area contributed by atoms with E-state index in [0.29, 0.717) is 23.3 Å². The molecule has 4 heteroatoms. The lowest BCUT2D eigenvalue weighted by molar-refractivity contribution is 0.237. The van der Waals surface area contributed by atoms with Crippen LogP contribution in [0.5, 0.6) is 0 Å². The monoisotopic (exact) mass is 178 g/mol. The highest BCUT2D eigenvalue weighted by Crippen LogP contribution is 2.27. The Morgan fingerprint density at radius 3 is 2.45 bits per heavy atom. The van der Waals surface area contributed by atoms with Crippen molar-refractivity contribution in [2.45, 2.75) is 13.3 Å². The summed E-state index contributed by atoms with van der Waals surface area (Å²) in [4.78, 5) is 0. The molecule has 1 N–H and O–H groups in total. The van der Waals surface area contributed by atoms with Gasteiger partial charge in [0.15, 0.2) is 9.84 Å². The van der Waals surface area contributed by atoms with Crippen LogP contribution in [0.2, 0.25) is 0 Å². The van der Waals surface area contributed by atoms with Gasteiger partial charge in [-0.05, 0) is 18.3 Å². The van der Waals surface area contributed by atoms with Crippen molar-refractivity contribution in [3.63, 3.8) is 0 Å². The molecule has 1 unspecified atom stereocenters. The first-order valence-corrected chi connectivity index (χ1v) is 5.68. The van der Waals surface area contributed by atoms with E-state index in [1.165, 1.54) is 0 Å². The van der Waals surface area contributed by atoms with E-state index < -0.39 is 9.84 Å². The van der Waals surface area contributed by atoms with Crippen molar-refractivity contribution in [3.05, 3.63) is 0 Å². The highest BCUT2D eigenvalue weighted by molar-refractivity contribution is 7.92. The zero-order chi connectivity index (χ0) is 8.48. The van der Waals surface area contributed by atoms with Crippen molar-refractivity contribution in [1.82, 2.24) is 0 Å². The van der Waals surface area contributed by atoms with Gasteiger partial charge in [-0.2, -0.15) is 0 Å². The first-order chi connectivity index (χ1) is 5.05. The van der Waals surface area contributed by atoms with E-state index in [4.69, 9.17) is 5.11 Å². The molecule has 1 aliphatic heterocycles. The SMILES string of the molecule is CC(CCO)C1CS(=O)(=O)C1. The van der Waals surface area contributed by atoms with E-state index in [1.807, 2.05) is 6.92 Å². The van der Waals surface area contributed by atoms with Crippen LogP contribution >= 0.6 is 0 Å². The maximum absolute atomic E-state index is 10.7. The molecule has 0 bridgehead atoms. The maximum atomic E-state index is 10.7. The fraction of sp³-hybridized carbons (Fsp3) is 1.00. The second kappa shape index (κ2) is 3.11. The molecule has 0 amide bonds. The van der Waals surface area contributed by atoms with Gasteiger partial charge in [0.05, 0.1) is 11.5 Å². The number of sulfone groups is 1. The predicted octanol–water partition coefficient (Wildman–Crippen LogP) is 0.0495. The van der Waals surface area contributed by atoms with Gasteiger partial charge in [-0.3, -0.25) is 0 Å². The van der Waals surface area contributed by atoms with Crippen LogP contribution in [0.25, 0.3) is 0 Å². The second-order valence-corrected chi connectivity index (χ2v) is 5.48. The fourth-order valence-electron chi connectivity index (χ4n) is 1.37. The van der Waals surface area contributed by atoms with Crippen LogP contribution in [-0.2, 0) is 9.84 Å². The van der Waals surface area contributed by atoms with Crippen molar-refractivity contribution in [3.8, 4) is 0 Å². The molecule has 0 aliphatic carbocycles. The Kier molecular flexibility index (Phi) is 2.54. The minimum atomic E-state index is -2.68. The standard InChI is InChI=1S/C7H14O3S/c1-6(2-3-8)7-4-11(9,10)5-7/h6-8H,2-5H2,1H3.